The third-order valence-corrected chi connectivity index (χ3v) is 1.99. The average Bonchev–Trinajstić information content (AvgIpc) is 1.66. The van der Waals surface area contributed by atoms with E-state index < -0.39 is 21.8 Å². The SMILES string of the molecule is O=S1(=O)OC(F)(F)C(F)(Cl)O1. The summed E-state index contributed by atoms with van der Waals surface area (Å²) in [5, 5.41) is -4.15. The number of alkyl halides is 4. The van der Waals surface area contributed by atoms with Crippen LogP contribution in [0, 0.1) is 0 Å². The van der Waals surface area contributed by atoms with Gasteiger partial charge in [0.2, 0.25) is 0 Å². The van der Waals surface area contributed by atoms with Gasteiger partial charge >= 0.3 is 21.8 Å². The van der Waals surface area contributed by atoms with Crippen molar-refractivity contribution in [2.45, 2.75) is 11.4 Å². The van der Waals surface area contributed by atoms with Crippen LogP contribution in [-0.4, -0.2) is 19.8 Å². The van der Waals surface area contributed by atoms with E-state index in [1.165, 1.54) is 0 Å². The summed E-state index contributed by atoms with van der Waals surface area (Å²) in [6.07, 6.45) is -4.69. The number of hydrogen-bond donors (Lipinski definition) is 0. The van der Waals surface area contributed by atoms with Gasteiger partial charge in [0.05, 0.1) is 0 Å². The molecule has 0 amide bonds. The average molecular weight is 213 g/mol. The van der Waals surface area contributed by atoms with Crippen LogP contribution in [0.25, 0.3) is 0 Å². The van der Waals surface area contributed by atoms with Gasteiger partial charge in [0.25, 0.3) is 0 Å². The van der Waals surface area contributed by atoms with Crippen molar-refractivity contribution in [1.82, 2.24) is 0 Å². The Labute approximate surface area is 64.2 Å². The van der Waals surface area contributed by atoms with Crippen molar-refractivity contribution < 1.29 is 30.0 Å². The van der Waals surface area contributed by atoms with Crippen molar-refractivity contribution in [2.75, 3.05) is 0 Å². The maximum atomic E-state index is 12.2. The molecule has 1 atom stereocenters. The Hall–Kier alpha value is -0.0500. The van der Waals surface area contributed by atoms with Crippen molar-refractivity contribution in [3.63, 3.8) is 0 Å². The van der Waals surface area contributed by atoms with Crippen LogP contribution in [0.1, 0.15) is 0 Å². The quantitative estimate of drug-likeness (QED) is 0.556. The molecule has 0 radical (unpaired) electrons. The molecule has 1 saturated heterocycles. The fraction of sp³-hybridized carbons (Fsp3) is 1.00. The molecule has 1 aliphatic rings. The van der Waals surface area contributed by atoms with E-state index in [0.717, 1.165) is 0 Å². The largest absolute Gasteiger partial charge is 0.447 e. The predicted molar refractivity (Wildman–Crippen MR) is 25.7 cm³/mol. The number of halogens is 4. The van der Waals surface area contributed by atoms with E-state index in [-0.39, 0.29) is 0 Å². The van der Waals surface area contributed by atoms with Crippen molar-refractivity contribution >= 4 is 22.0 Å². The minimum absolute atomic E-state index is 2.86. The van der Waals surface area contributed by atoms with Gasteiger partial charge in [-0.25, -0.2) is 0 Å². The Bertz CT molecular complexity index is 249. The van der Waals surface area contributed by atoms with E-state index >= 15 is 0 Å². The normalized spacial score (nSPS) is 40.7. The molecule has 0 bridgehead atoms. The molecule has 1 fully saturated rings. The lowest BCUT2D eigenvalue weighted by Crippen LogP contribution is -2.35. The van der Waals surface area contributed by atoms with Crippen molar-refractivity contribution in [3.05, 3.63) is 0 Å². The molecular weight excluding hydrogens is 213 g/mol. The smallest absolute Gasteiger partial charge is 0.184 e. The molecule has 11 heavy (non-hydrogen) atoms. The molecule has 0 N–H and O–H groups in total. The zero-order valence-electron chi connectivity index (χ0n) is 4.55. The molecule has 4 nitrogen and oxygen atoms in total. The molecule has 66 valence electrons. The highest BCUT2D eigenvalue weighted by atomic mass is 35.5. The third-order valence-electron chi connectivity index (χ3n) is 0.752. The van der Waals surface area contributed by atoms with Crippen LogP contribution in [-0.2, 0) is 18.8 Å². The van der Waals surface area contributed by atoms with Crippen LogP contribution in [0.5, 0.6) is 0 Å². The summed E-state index contributed by atoms with van der Waals surface area (Å²) in [4.78, 5) is 0. The second-order valence-corrected chi connectivity index (χ2v) is 3.24. The van der Waals surface area contributed by atoms with E-state index in [2.05, 4.69) is 20.0 Å². The molecule has 9 heteroatoms. The summed E-state index contributed by atoms with van der Waals surface area (Å²) >= 11 is 4.30. The summed E-state index contributed by atoms with van der Waals surface area (Å²) in [6, 6.07) is 0. The Morgan fingerprint density at radius 3 is 1.73 bits per heavy atom. The standard InChI is InChI=1S/C2ClF3O4S/c3-1(4)2(5,6)10-11(7,8)9-1. The second kappa shape index (κ2) is 2.00. The van der Waals surface area contributed by atoms with Gasteiger partial charge in [-0.15, -0.1) is 0 Å². The van der Waals surface area contributed by atoms with Crippen molar-refractivity contribution in [3.8, 4) is 0 Å². The van der Waals surface area contributed by atoms with Crippen LogP contribution in [0.15, 0.2) is 0 Å². The molecule has 0 aromatic rings. The van der Waals surface area contributed by atoms with Gasteiger partial charge < -0.3 is 0 Å². The topological polar surface area (TPSA) is 52.6 Å². The molecule has 1 heterocycles. The highest BCUT2D eigenvalue weighted by Crippen LogP contribution is 2.46. The van der Waals surface area contributed by atoms with Gasteiger partial charge in [0.1, 0.15) is 0 Å². The first kappa shape index (κ1) is 9.04. The van der Waals surface area contributed by atoms with Gasteiger partial charge in [0, 0.05) is 0 Å². The van der Waals surface area contributed by atoms with E-state index in [1.54, 1.807) is 0 Å². The van der Waals surface area contributed by atoms with Crippen LogP contribution in [0.2, 0.25) is 0 Å². The van der Waals surface area contributed by atoms with E-state index in [1.807, 2.05) is 0 Å². The van der Waals surface area contributed by atoms with E-state index in [4.69, 9.17) is 0 Å². The molecule has 0 spiro atoms. The minimum Gasteiger partial charge on any atom is -0.184 e. The predicted octanol–water partition coefficient (Wildman–Crippen LogP) is 0.733. The van der Waals surface area contributed by atoms with Gasteiger partial charge in [-0.2, -0.15) is 30.0 Å². The lowest BCUT2D eigenvalue weighted by molar-refractivity contribution is -0.249. The summed E-state index contributed by atoms with van der Waals surface area (Å²) in [5.74, 6) is 0. The number of hydrogen-bond acceptors (Lipinski definition) is 4. The van der Waals surface area contributed by atoms with Crippen molar-refractivity contribution in [1.29, 1.82) is 0 Å². The highest BCUT2D eigenvalue weighted by molar-refractivity contribution is 7.82. The van der Waals surface area contributed by atoms with Gasteiger partial charge in [0.15, 0.2) is 0 Å². The Balaban J connectivity index is 3.08. The highest BCUT2D eigenvalue weighted by Gasteiger charge is 2.69. The zero-order valence-corrected chi connectivity index (χ0v) is 6.13. The first-order valence-corrected chi connectivity index (χ1v) is 3.79. The Kier molecular flexibility index (Phi) is 1.65. The minimum atomic E-state index is -5.02. The zero-order chi connectivity index (χ0) is 8.91. The van der Waals surface area contributed by atoms with Crippen LogP contribution >= 0.6 is 11.6 Å². The molecule has 1 aliphatic heterocycles. The second-order valence-electron chi connectivity index (χ2n) is 1.61. The Morgan fingerprint density at radius 1 is 1.18 bits per heavy atom. The Morgan fingerprint density at radius 2 is 1.64 bits per heavy atom. The van der Waals surface area contributed by atoms with E-state index in [0.29, 0.717) is 0 Å². The molecule has 1 unspecified atom stereocenters. The van der Waals surface area contributed by atoms with Crippen LogP contribution in [0.3, 0.4) is 0 Å². The lowest BCUT2D eigenvalue weighted by atomic mass is 10.6. The van der Waals surface area contributed by atoms with E-state index in [9.17, 15) is 21.6 Å². The summed E-state index contributed by atoms with van der Waals surface area (Å²) in [6.45, 7) is 0. The molecule has 1 rings (SSSR count). The molecule has 0 aromatic carbocycles. The maximum Gasteiger partial charge on any atom is 0.447 e. The van der Waals surface area contributed by atoms with Gasteiger partial charge in [-0.05, 0) is 11.6 Å². The van der Waals surface area contributed by atoms with Crippen molar-refractivity contribution in [2.24, 2.45) is 0 Å². The molecule has 0 saturated carbocycles. The first-order valence-electron chi connectivity index (χ1n) is 2.08. The fourth-order valence-electron chi connectivity index (χ4n) is 0.370. The monoisotopic (exact) mass is 212 g/mol. The summed E-state index contributed by atoms with van der Waals surface area (Å²) < 4.78 is 62.1. The summed E-state index contributed by atoms with van der Waals surface area (Å²) in [7, 11) is -5.02. The molecule has 0 aliphatic carbocycles. The fourth-order valence-corrected chi connectivity index (χ4v) is 1.44. The van der Waals surface area contributed by atoms with Gasteiger partial charge in [-0.1, -0.05) is 0 Å². The molecular formula is C2ClF3O4S. The maximum absolute atomic E-state index is 12.2. The number of rotatable bonds is 0. The van der Waals surface area contributed by atoms with Gasteiger partial charge in [-0.3, -0.25) is 0 Å². The molecule has 0 aromatic heterocycles. The third kappa shape index (κ3) is 1.43. The first-order chi connectivity index (χ1) is 4.66. The van der Waals surface area contributed by atoms with Crippen LogP contribution in [0.4, 0.5) is 13.2 Å². The van der Waals surface area contributed by atoms with Crippen LogP contribution < -0.4 is 0 Å². The lowest BCUT2D eigenvalue weighted by Gasteiger charge is -2.11. The summed E-state index contributed by atoms with van der Waals surface area (Å²) in [5.41, 5.74) is 0.